The van der Waals surface area contributed by atoms with Gasteiger partial charge in [-0.1, -0.05) is 18.2 Å². The number of nitrogens with zero attached hydrogens (tertiary/aromatic N) is 3. The van der Waals surface area contributed by atoms with Crippen molar-refractivity contribution in [2.45, 2.75) is 12.8 Å². The summed E-state index contributed by atoms with van der Waals surface area (Å²) in [5.74, 6) is -0.0672. The number of benzene rings is 1. The fraction of sp³-hybridized carbons (Fsp3) is 0.263. The molecule has 1 saturated heterocycles. The Kier molecular flexibility index (Phi) is 3.80. The summed E-state index contributed by atoms with van der Waals surface area (Å²) < 4.78 is 0. The lowest BCUT2D eigenvalue weighted by molar-refractivity contribution is -0.127. The van der Waals surface area contributed by atoms with Gasteiger partial charge in [0, 0.05) is 36.6 Å². The van der Waals surface area contributed by atoms with Crippen LogP contribution in [-0.2, 0) is 4.79 Å². The van der Waals surface area contributed by atoms with Crippen LogP contribution < -0.4 is 5.43 Å². The fourth-order valence-electron chi connectivity index (χ4n) is 3.60. The van der Waals surface area contributed by atoms with Crippen molar-refractivity contribution in [3.63, 3.8) is 0 Å². The molecule has 0 radical (unpaired) electrons. The van der Waals surface area contributed by atoms with Gasteiger partial charge < -0.3 is 4.90 Å². The van der Waals surface area contributed by atoms with Crippen LogP contribution in [0.25, 0.3) is 0 Å². The first kappa shape index (κ1) is 15.5. The summed E-state index contributed by atoms with van der Waals surface area (Å²) in [4.78, 5) is 31.0. The van der Waals surface area contributed by atoms with Gasteiger partial charge in [0.2, 0.25) is 0 Å². The van der Waals surface area contributed by atoms with Crippen LogP contribution in [0.2, 0.25) is 0 Å². The molecular weight excluding hydrogens is 316 g/mol. The molecule has 0 saturated carbocycles. The zero-order chi connectivity index (χ0) is 17.3. The number of pyridine rings is 1. The van der Waals surface area contributed by atoms with Gasteiger partial charge in [-0.3, -0.25) is 14.6 Å². The van der Waals surface area contributed by atoms with Gasteiger partial charge in [-0.15, -0.1) is 0 Å². The molecule has 1 fully saturated rings. The molecule has 2 amide bonds. The molecule has 0 bridgehead atoms. The van der Waals surface area contributed by atoms with E-state index < -0.39 is 5.41 Å². The second kappa shape index (κ2) is 6.12. The predicted octanol–water partition coefficient (Wildman–Crippen LogP) is 1.84. The first-order chi connectivity index (χ1) is 12.2. The molecule has 2 aromatic rings. The summed E-state index contributed by atoms with van der Waals surface area (Å²) in [6.45, 7) is 1.07. The van der Waals surface area contributed by atoms with Crippen molar-refractivity contribution >= 4 is 17.5 Å². The van der Waals surface area contributed by atoms with Gasteiger partial charge in [-0.25, -0.2) is 5.43 Å². The molecule has 1 spiro atoms. The lowest BCUT2D eigenvalue weighted by Gasteiger charge is -2.38. The molecule has 25 heavy (non-hydrogen) atoms. The molecule has 1 N–H and O–H groups in total. The Morgan fingerprint density at radius 3 is 2.40 bits per heavy atom. The van der Waals surface area contributed by atoms with Gasteiger partial charge in [0.25, 0.3) is 11.8 Å². The minimum absolute atomic E-state index is 0.0104. The molecule has 126 valence electrons. The third-order valence-electron chi connectivity index (χ3n) is 5.04. The Bertz CT molecular complexity index is 825. The number of carbonyl (C=O) groups is 2. The van der Waals surface area contributed by atoms with Crippen LogP contribution >= 0.6 is 0 Å². The van der Waals surface area contributed by atoms with E-state index in [1.54, 1.807) is 12.4 Å². The highest BCUT2D eigenvalue weighted by atomic mass is 16.2. The van der Waals surface area contributed by atoms with Gasteiger partial charge in [0.15, 0.2) is 0 Å². The van der Waals surface area contributed by atoms with Crippen LogP contribution in [0, 0.1) is 5.41 Å². The molecule has 6 nitrogen and oxygen atoms in total. The van der Waals surface area contributed by atoms with Crippen molar-refractivity contribution < 1.29 is 9.59 Å². The monoisotopic (exact) mass is 334 g/mol. The number of amides is 2. The minimum Gasteiger partial charge on any atom is -0.339 e. The predicted molar refractivity (Wildman–Crippen MR) is 92.9 cm³/mol. The summed E-state index contributed by atoms with van der Waals surface area (Å²) in [5.41, 5.74) is 4.31. The SMILES string of the molecule is O=C(c1ccccc1)N1CCC2(CC1)C(=O)NN=C2c1ccncc1. The third kappa shape index (κ3) is 2.59. The number of nitrogens with one attached hydrogen (secondary N) is 1. The molecule has 1 aromatic heterocycles. The van der Waals surface area contributed by atoms with E-state index in [-0.39, 0.29) is 11.8 Å². The Labute approximate surface area is 145 Å². The average molecular weight is 334 g/mol. The molecule has 6 heteroatoms. The Morgan fingerprint density at radius 1 is 1.04 bits per heavy atom. The summed E-state index contributed by atoms with van der Waals surface area (Å²) in [7, 11) is 0. The van der Waals surface area contributed by atoms with E-state index in [0.29, 0.717) is 31.5 Å². The summed E-state index contributed by atoms with van der Waals surface area (Å²) in [6.07, 6.45) is 4.53. The van der Waals surface area contributed by atoms with Crippen molar-refractivity contribution in [1.29, 1.82) is 0 Å². The number of hydrazone groups is 1. The fourth-order valence-corrected chi connectivity index (χ4v) is 3.60. The summed E-state index contributed by atoms with van der Waals surface area (Å²) in [5, 5.41) is 4.28. The van der Waals surface area contributed by atoms with Crippen LogP contribution in [0.15, 0.2) is 60.0 Å². The Morgan fingerprint density at radius 2 is 1.72 bits per heavy atom. The van der Waals surface area contributed by atoms with Crippen molar-refractivity contribution in [3.8, 4) is 0 Å². The number of piperidine rings is 1. The molecule has 1 aromatic carbocycles. The van der Waals surface area contributed by atoms with E-state index in [1.807, 2.05) is 47.4 Å². The van der Waals surface area contributed by atoms with Crippen molar-refractivity contribution in [2.75, 3.05) is 13.1 Å². The van der Waals surface area contributed by atoms with Crippen LogP contribution in [0.5, 0.6) is 0 Å². The largest absolute Gasteiger partial charge is 0.339 e. The van der Waals surface area contributed by atoms with Crippen LogP contribution in [0.4, 0.5) is 0 Å². The quantitative estimate of drug-likeness (QED) is 0.910. The minimum atomic E-state index is -0.658. The second-order valence-corrected chi connectivity index (χ2v) is 6.38. The van der Waals surface area contributed by atoms with Crippen molar-refractivity contribution in [1.82, 2.24) is 15.3 Å². The highest BCUT2D eigenvalue weighted by Crippen LogP contribution is 2.38. The molecule has 0 atom stereocenters. The van der Waals surface area contributed by atoms with Gasteiger partial charge in [-0.2, -0.15) is 5.10 Å². The maximum absolute atomic E-state index is 12.6. The highest BCUT2D eigenvalue weighted by molar-refractivity contribution is 6.19. The second-order valence-electron chi connectivity index (χ2n) is 6.38. The van der Waals surface area contributed by atoms with E-state index in [0.717, 1.165) is 11.3 Å². The van der Waals surface area contributed by atoms with Crippen LogP contribution in [-0.4, -0.2) is 40.5 Å². The lowest BCUT2D eigenvalue weighted by Crippen LogP contribution is -2.50. The standard InChI is InChI=1S/C19H18N4O2/c24-17(15-4-2-1-3-5-15)23-12-8-19(9-13-23)16(21-22-18(19)25)14-6-10-20-11-7-14/h1-7,10-11H,8-9,12-13H2,(H,22,25). The molecule has 2 aliphatic rings. The average Bonchev–Trinajstić information content (AvgIpc) is 2.99. The van der Waals surface area contributed by atoms with E-state index >= 15 is 0 Å². The van der Waals surface area contributed by atoms with E-state index in [4.69, 9.17) is 0 Å². The van der Waals surface area contributed by atoms with Gasteiger partial charge in [-0.05, 0) is 37.1 Å². The van der Waals surface area contributed by atoms with Crippen LogP contribution in [0.1, 0.15) is 28.8 Å². The molecule has 0 unspecified atom stereocenters. The number of aromatic nitrogens is 1. The zero-order valence-corrected chi connectivity index (χ0v) is 13.7. The smallest absolute Gasteiger partial charge is 0.253 e. The molecule has 4 rings (SSSR count). The van der Waals surface area contributed by atoms with Gasteiger partial charge in [0.05, 0.1) is 11.1 Å². The molecule has 2 aliphatic heterocycles. The van der Waals surface area contributed by atoms with E-state index in [2.05, 4.69) is 15.5 Å². The molecule has 0 aliphatic carbocycles. The summed E-state index contributed by atoms with van der Waals surface area (Å²) >= 11 is 0. The Balaban J connectivity index is 1.55. The summed E-state index contributed by atoms with van der Waals surface area (Å²) in [6, 6.07) is 13.0. The zero-order valence-electron chi connectivity index (χ0n) is 13.7. The number of likely N-dealkylation sites (tertiary alicyclic amines) is 1. The van der Waals surface area contributed by atoms with Crippen LogP contribution in [0.3, 0.4) is 0 Å². The van der Waals surface area contributed by atoms with E-state index in [9.17, 15) is 9.59 Å². The highest BCUT2D eigenvalue weighted by Gasteiger charge is 2.50. The third-order valence-corrected chi connectivity index (χ3v) is 5.04. The number of carbonyl (C=O) groups excluding carboxylic acids is 2. The number of hydrogen-bond donors (Lipinski definition) is 1. The molecular formula is C19H18N4O2. The topological polar surface area (TPSA) is 74.7 Å². The number of hydrogen-bond acceptors (Lipinski definition) is 4. The first-order valence-corrected chi connectivity index (χ1v) is 8.34. The normalized spacial score (nSPS) is 18.8. The van der Waals surface area contributed by atoms with Gasteiger partial charge >= 0.3 is 0 Å². The van der Waals surface area contributed by atoms with Gasteiger partial charge in [0.1, 0.15) is 0 Å². The van der Waals surface area contributed by atoms with Crippen molar-refractivity contribution in [3.05, 3.63) is 66.0 Å². The maximum atomic E-state index is 12.6. The molecule has 3 heterocycles. The Hall–Kier alpha value is -3.02. The maximum Gasteiger partial charge on any atom is 0.253 e. The van der Waals surface area contributed by atoms with Crippen molar-refractivity contribution in [2.24, 2.45) is 10.5 Å². The first-order valence-electron chi connectivity index (χ1n) is 8.34. The lowest BCUT2D eigenvalue weighted by atomic mass is 9.72. The van der Waals surface area contributed by atoms with E-state index in [1.165, 1.54) is 0 Å². The number of rotatable bonds is 2.